The summed E-state index contributed by atoms with van der Waals surface area (Å²) in [5.41, 5.74) is 6.50. The lowest BCUT2D eigenvalue weighted by Gasteiger charge is -2.16. The van der Waals surface area contributed by atoms with Crippen LogP contribution in [0.5, 0.6) is 0 Å². The third-order valence-electron chi connectivity index (χ3n) is 3.23. The molecule has 1 amide bonds. The standard InChI is InChI=1S/C13H23N3O2S.ClH/c1-4-5-6-11(7-14)15-12(17)8-16-9(2)10(3)19-13(16)18;/h11H,4-8,14H2,1-3H3,(H,15,17);1H. The van der Waals surface area contributed by atoms with Crippen LogP contribution in [0, 0.1) is 13.8 Å². The van der Waals surface area contributed by atoms with E-state index < -0.39 is 0 Å². The van der Waals surface area contributed by atoms with Crippen molar-refractivity contribution < 1.29 is 4.79 Å². The number of hydrogen-bond acceptors (Lipinski definition) is 4. The van der Waals surface area contributed by atoms with Gasteiger partial charge >= 0.3 is 4.87 Å². The molecule has 0 aromatic carbocycles. The van der Waals surface area contributed by atoms with Gasteiger partial charge in [0, 0.05) is 23.2 Å². The molecule has 3 N–H and O–H groups in total. The zero-order chi connectivity index (χ0) is 14.4. The van der Waals surface area contributed by atoms with Crippen LogP contribution >= 0.6 is 23.7 Å². The number of aryl methyl sites for hydroxylation is 1. The first kappa shape index (κ1) is 19.1. The van der Waals surface area contributed by atoms with Crippen molar-refractivity contribution in [1.82, 2.24) is 9.88 Å². The van der Waals surface area contributed by atoms with Crippen molar-refractivity contribution in [3.05, 3.63) is 20.2 Å². The predicted octanol–water partition coefficient (Wildman–Crippen LogP) is 1.58. The molecule has 1 aromatic heterocycles. The number of thiazole rings is 1. The van der Waals surface area contributed by atoms with Gasteiger partial charge in [0.2, 0.25) is 5.91 Å². The molecule has 20 heavy (non-hydrogen) atoms. The van der Waals surface area contributed by atoms with Crippen molar-refractivity contribution in [3.63, 3.8) is 0 Å². The van der Waals surface area contributed by atoms with Crippen LogP contribution in [-0.2, 0) is 11.3 Å². The Bertz CT molecular complexity index is 484. The highest BCUT2D eigenvalue weighted by Crippen LogP contribution is 2.09. The number of carbonyl (C=O) groups is 1. The maximum Gasteiger partial charge on any atom is 0.308 e. The average molecular weight is 322 g/mol. The lowest BCUT2D eigenvalue weighted by Crippen LogP contribution is -2.42. The molecule has 0 aliphatic heterocycles. The third kappa shape index (κ3) is 5.26. The maximum atomic E-state index is 11.9. The van der Waals surface area contributed by atoms with E-state index in [4.69, 9.17) is 5.73 Å². The lowest BCUT2D eigenvalue weighted by atomic mass is 10.1. The van der Waals surface area contributed by atoms with Crippen LogP contribution < -0.4 is 15.9 Å². The van der Waals surface area contributed by atoms with Gasteiger partial charge in [-0.15, -0.1) is 12.4 Å². The molecule has 1 heterocycles. The Morgan fingerprint density at radius 2 is 2.10 bits per heavy atom. The summed E-state index contributed by atoms with van der Waals surface area (Å²) in [4.78, 5) is 24.5. The molecule has 7 heteroatoms. The highest BCUT2D eigenvalue weighted by Gasteiger charge is 2.14. The number of aromatic nitrogens is 1. The quantitative estimate of drug-likeness (QED) is 0.800. The van der Waals surface area contributed by atoms with Crippen LogP contribution in [0.4, 0.5) is 0 Å². The number of nitrogens with zero attached hydrogens (tertiary/aromatic N) is 1. The van der Waals surface area contributed by atoms with Crippen molar-refractivity contribution in [2.75, 3.05) is 6.54 Å². The molecule has 0 bridgehead atoms. The Morgan fingerprint density at radius 1 is 1.45 bits per heavy atom. The normalized spacial score (nSPS) is 11.8. The zero-order valence-electron chi connectivity index (χ0n) is 12.3. The second-order valence-corrected chi connectivity index (χ2v) is 5.90. The van der Waals surface area contributed by atoms with Crippen LogP contribution in [0.3, 0.4) is 0 Å². The summed E-state index contributed by atoms with van der Waals surface area (Å²) in [5.74, 6) is -0.144. The van der Waals surface area contributed by atoms with E-state index in [1.807, 2.05) is 13.8 Å². The Balaban J connectivity index is 0.00000361. The van der Waals surface area contributed by atoms with Gasteiger partial charge in [-0.2, -0.15) is 0 Å². The molecule has 116 valence electrons. The molecule has 1 unspecified atom stereocenters. The number of carbonyl (C=O) groups excluding carboxylic acids is 1. The van der Waals surface area contributed by atoms with Gasteiger partial charge in [0.05, 0.1) is 0 Å². The van der Waals surface area contributed by atoms with E-state index in [1.165, 1.54) is 15.9 Å². The van der Waals surface area contributed by atoms with Gasteiger partial charge in [0.15, 0.2) is 0 Å². The SMILES string of the molecule is CCCCC(CN)NC(=O)Cn1c(C)c(C)sc1=O.Cl. The fourth-order valence-electron chi connectivity index (χ4n) is 1.89. The highest BCUT2D eigenvalue weighted by molar-refractivity contribution is 7.09. The van der Waals surface area contributed by atoms with Crippen LogP contribution in [0.15, 0.2) is 4.79 Å². The summed E-state index contributed by atoms with van der Waals surface area (Å²) >= 11 is 1.18. The first-order valence-electron chi connectivity index (χ1n) is 6.65. The Kier molecular flexibility index (Phi) is 8.76. The van der Waals surface area contributed by atoms with Gasteiger partial charge in [-0.05, 0) is 20.3 Å². The molecule has 0 fully saturated rings. The third-order valence-corrected chi connectivity index (χ3v) is 4.23. The molecular weight excluding hydrogens is 298 g/mol. The number of hydrogen-bond donors (Lipinski definition) is 2. The Morgan fingerprint density at radius 3 is 2.55 bits per heavy atom. The summed E-state index contributed by atoms with van der Waals surface area (Å²) in [6.45, 7) is 6.37. The van der Waals surface area contributed by atoms with E-state index in [1.54, 1.807) is 0 Å². The van der Waals surface area contributed by atoms with E-state index in [0.29, 0.717) is 6.54 Å². The molecule has 0 aliphatic carbocycles. The minimum atomic E-state index is -0.144. The molecule has 1 aromatic rings. The van der Waals surface area contributed by atoms with E-state index in [2.05, 4.69) is 12.2 Å². The maximum absolute atomic E-state index is 11.9. The molecule has 5 nitrogen and oxygen atoms in total. The molecule has 1 rings (SSSR count). The van der Waals surface area contributed by atoms with Crippen molar-refractivity contribution in [2.24, 2.45) is 5.73 Å². The van der Waals surface area contributed by atoms with E-state index in [-0.39, 0.29) is 35.8 Å². The summed E-state index contributed by atoms with van der Waals surface area (Å²) in [6.07, 6.45) is 3.00. The number of halogens is 1. The number of nitrogens with two attached hydrogens (primary N) is 1. The molecular formula is C13H24ClN3O2S. The second-order valence-electron chi connectivity index (χ2n) is 4.74. The van der Waals surface area contributed by atoms with Gasteiger partial charge in [-0.1, -0.05) is 31.1 Å². The van der Waals surface area contributed by atoms with Crippen LogP contribution in [-0.4, -0.2) is 23.1 Å². The largest absolute Gasteiger partial charge is 0.351 e. The first-order valence-corrected chi connectivity index (χ1v) is 7.47. The number of unbranched alkanes of at least 4 members (excludes halogenated alkanes) is 1. The fraction of sp³-hybridized carbons (Fsp3) is 0.692. The van der Waals surface area contributed by atoms with Crippen LogP contribution in [0.25, 0.3) is 0 Å². The first-order chi connectivity index (χ1) is 8.99. The van der Waals surface area contributed by atoms with E-state index in [9.17, 15) is 9.59 Å². The minimum Gasteiger partial charge on any atom is -0.351 e. The smallest absolute Gasteiger partial charge is 0.308 e. The van der Waals surface area contributed by atoms with Crippen LogP contribution in [0.1, 0.15) is 36.8 Å². The molecule has 0 saturated heterocycles. The molecule has 1 atom stereocenters. The van der Waals surface area contributed by atoms with Gasteiger partial charge in [-0.25, -0.2) is 0 Å². The molecule has 0 spiro atoms. The van der Waals surface area contributed by atoms with E-state index in [0.717, 1.165) is 29.8 Å². The molecule has 0 saturated carbocycles. The summed E-state index contributed by atoms with van der Waals surface area (Å²) in [7, 11) is 0. The number of nitrogens with one attached hydrogen (secondary N) is 1. The number of rotatable bonds is 7. The second kappa shape index (κ2) is 9.15. The summed E-state index contributed by atoms with van der Waals surface area (Å²) < 4.78 is 1.52. The van der Waals surface area contributed by atoms with Gasteiger partial charge in [0.25, 0.3) is 0 Å². The predicted molar refractivity (Wildman–Crippen MR) is 85.8 cm³/mol. The highest BCUT2D eigenvalue weighted by atomic mass is 35.5. The lowest BCUT2D eigenvalue weighted by molar-refractivity contribution is -0.122. The summed E-state index contributed by atoms with van der Waals surface area (Å²) in [5, 5.41) is 2.89. The average Bonchev–Trinajstić information content (AvgIpc) is 2.61. The fourth-order valence-corrected chi connectivity index (χ4v) is 2.72. The monoisotopic (exact) mass is 321 g/mol. The van der Waals surface area contributed by atoms with Gasteiger partial charge in [-0.3, -0.25) is 14.2 Å². The van der Waals surface area contributed by atoms with Crippen molar-refractivity contribution in [2.45, 2.75) is 52.6 Å². The zero-order valence-corrected chi connectivity index (χ0v) is 13.9. The van der Waals surface area contributed by atoms with Crippen molar-refractivity contribution >= 4 is 29.7 Å². The summed E-state index contributed by atoms with van der Waals surface area (Å²) in [6, 6.07) is 0.00295. The topological polar surface area (TPSA) is 77.1 Å². The van der Waals surface area contributed by atoms with Crippen molar-refractivity contribution in [1.29, 1.82) is 0 Å². The minimum absolute atomic E-state index is 0. The Hall–Kier alpha value is -0.850. The van der Waals surface area contributed by atoms with Crippen LogP contribution in [0.2, 0.25) is 0 Å². The molecule has 0 radical (unpaired) electrons. The van der Waals surface area contributed by atoms with E-state index >= 15 is 0 Å². The number of amides is 1. The van der Waals surface area contributed by atoms with Gasteiger partial charge < -0.3 is 11.1 Å². The van der Waals surface area contributed by atoms with Crippen molar-refractivity contribution in [3.8, 4) is 0 Å². The Labute approximate surface area is 130 Å². The van der Waals surface area contributed by atoms with Gasteiger partial charge in [0.1, 0.15) is 6.54 Å². The molecule has 0 aliphatic rings.